The fraction of sp³-hybridized carbons (Fsp3) is 0.182. The molecule has 0 fully saturated rings. The van der Waals surface area contributed by atoms with Crippen LogP contribution < -0.4 is 10.3 Å². The van der Waals surface area contributed by atoms with Crippen LogP contribution in [0.15, 0.2) is 59.0 Å². The van der Waals surface area contributed by atoms with E-state index in [4.69, 9.17) is 4.74 Å². The summed E-state index contributed by atoms with van der Waals surface area (Å²) in [4.78, 5) is 18.2. The third kappa shape index (κ3) is 3.43. The molecule has 2 aromatic carbocycles. The van der Waals surface area contributed by atoms with E-state index < -0.39 is 5.82 Å². The normalized spacial score (nSPS) is 11.1. The molecule has 4 aromatic rings. The minimum Gasteiger partial charge on any atom is -0.489 e. The van der Waals surface area contributed by atoms with Crippen LogP contribution in [0.25, 0.3) is 21.3 Å². The summed E-state index contributed by atoms with van der Waals surface area (Å²) in [6.07, 6.45) is 1.52. The summed E-state index contributed by atoms with van der Waals surface area (Å²) in [5.74, 6) is -0.241. The summed E-state index contributed by atoms with van der Waals surface area (Å²) >= 11 is 1.46. The molecule has 0 radical (unpaired) electrons. The third-order valence-corrected chi connectivity index (χ3v) is 5.69. The van der Waals surface area contributed by atoms with Gasteiger partial charge >= 0.3 is 0 Å². The molecule has 0 aliphatic rings. The van der Waals surface area contributed by atoms with Gasteiger partial charge in [0.1, 0.15) is 11.4 Å². The molecule has 0 unspecified atom stereocenters. The molecule has 6 heteroatoms. The first kappa shape index (κ1) is 18.4. The molecule has 2 aromatic heterocycles. The summed E-state index contributed by atoms with van der Waals surface area (Å²) in [5.41, 5.74) is 4.18. The van der Waals surface area contributed by atoms with Crippen molar-refractivity contribution in [1.29, 1.82) is 0 Å². The molecular weight excluding hydrogens is 375 g/mol. The van der Waals surface area contributed by atoms with Gasteiger partial charge in [-0.05, 0) is 42.7 Å². The quantitative estimate of drug-likeness (QED) is 0.481. The Morgan fingerprint density at radius 3 is 2.75 bits per heavy atom. The Hall–Kier alpha value is -2.99. The Labute approximate surface area is 165 Å². The Morgan fingerprint density at radius 2 is 1.96 bits per heavy atom. The number of thiophene rings is 1. The highest BCUT2D eigenvalue weighted by Crippen LogP contribution is 2.31. The second kappa shape index (κ2) is 7.56. The smallest absolute Gasteiger partial charge is 0.262 e. The van der Waals surface area contributed by atoms with E-state index in [0.29, 0.717) is 10.2 Å². The van der Waals surface area contributed by atoms with Crippen LogP contribution in [0.2, 0.25) is 0 Å². The highest BCUT2D eigenvalue weighted by atomic mass is 32.1. The predicted octanol–water partition coefficient (Wildman–Crippen LogP) is 4.96. The van der Waals surface area contributed by atoms with Gasteiger partial charge in [0.2, 0.25) is 0 Å². The molecular formula is C22H19FN2O2S. The number of nitrogens with zero attached hydrogens (tertiary/aromatic N) is 2. The molecule has 0 amide bonds. The molecule has 0 bridgehead atoms. The molecule has 0 aliphatic heterocycles. The Bertz CT molecular complexity index is 1210. The Kier molecular flexibility index (Phi) is 4.96. The van der Waals surface area contributed by atoms with Gasteiger partial charge in [-0.3, -0.25) is 9.36 Å². The van der Waals surface area contributed by atoms with Gasteiger partial charge < -0.3 is 4.74 Å². The number of rotatable bonds is 5. The fourth-order valence-electron chi connectivity index (χ4n) is 3.06. The van der Waals surface area contributed by atoms with E-state index in [1.807, 2.05) is 11.4 Å². The average molecular weight is 394 g/mol. The van der Waals surface area contributed by atoms with Crippen molar-refractivity contribution >= 4 is 21.6 Å². The molecule has 2 heterocycles. The predicted molar refractivity (Wildman–Crippen MR) is 111 cm³/mol. The van der Waals surface area contributed by atoms with E-state index >= 15 is 0 Å². The van der Waals surface area contributed by atoms with Crippen LogP contribution in [0.3, 0.4) is 0 Å². The van der Waals surface area contributed by atoms with Crippen molar-refractivity contribution in [1.82, 2.24) is 9.55 Å². The Balaban J connectivity index is 1.64. The van der Waals surface area contributed by atoms with Crippen molar-refractivity contribution in [2.75, 3.05) is 6.61 Å². The van der Waals surface area contributed by atoms with E-state index in [2.05, 4.69) is 31.0 Å². The first-order chi connectivity index (χ1) is 13.5. The number of para-hydroxylation sites is 1. The van der Waals surface area contributed by atoms with Gasteiger partial charge in [-0.1, -0.05) is 30.3 Å². The van der Waals surface area contributed by atoms with Gasteiger partial charge in [-0.15, -0.1) is 11.3 Å². The number of hydrogen-bond acceptors (Lipinski definition) is 4. The topological polar surface area (TPSA) is 44.1 Å². The highest BCUT2D eigenvalue weighted by molar-refractivity contribution is 7.17. The van der Waals surface area contributed by atoms with Crippen LogP contribution in [-0.4, -0.2) is 16.2 Å². The largest absolute Gasteiger partial charge is 0.489 e. The zero-order valence-electron chi connectivity index (χ0n) is 15.6. The van der Waals surface area contributed by atoms with Crippen LogP contribution >= 0.6 is 11.3 Å². The van der Waals surface area contributed by atoms with Gasteiger partial charge in [0.15, 0.2) is 11.6 Å². The van der Waals surface area contributed by atoms with Crippen molar-refractivity contribution < 1.29 is 9.13 Å². The summed E-state index contributed by atoms with van der Waals surface area (Å²) < 4.78 is 20.6. The standard InChI is InChI=1S/C22H19FN2O2S/c1-14-7-8-16(11-15(14)2)17-12-28-21-20(17)22(26)25(13-24-21)9-10-27-19-6-4-3-5-18(19)23/h3-8,11-13H,9-10H2,1-2H3. The molecule has 0 atom stereocenters. The zero-order valence-corrected chi connectivity index (χ0v) is 16.4. The fourth-order valence-corrected chi connectivity index (χ4v) is 3.97. The number of halogens is 1. The van der Waals surface area contributed by atoms with Crippen molar-refractivity contribution in [3.63, 3.8) is 0 Å². The lowest BCUT2D eigenvalue weighted by Crippen LogP contribution is -2.23. The number of ether oxygens (including phenoxy) is 1. The molecule has 4 rings (SSSR count). The van der Waals surface area contributed by atoms with Gasteiger partial charge in [-0.25, -0.2) is 9.37 Å². The number of hydrogen-bond donors (Lipinski definition) is 0. The second-order valence-electron chi connectivity index (χ2n) is 6.65. The van der Waals surface area contributed by atoms with Gasteiger partial charge in [0, 0.05) is 10.9 Å². The number of aromatic nitrogens is 2. The molecule has 142 valence electrons. The maximum absolute atomic E-state index is 13.7. The molecule has 4 nitrogen and oxygen atoms in total. The minimum absolute atomic E-state index is 0.114. The van der Waals surface area contributed by atoms with Gasteiger partial charge in [0.05, 0.1) is 18.3 Å². The minimum atomic E-state index is -0.418. The first-order valence-corrected chi connectivity index (χ1v) is 9.84. The zero-order chi connectivity index (χ0) is 19.7. The second-order valence-corrected chi connectivity index (χ2v) is 7.51. The lowest BCUT2D eigenvalue weighted by molar-refractivity contribution is 0.282. The number of benzene rings is 2. The summed E-state index contributed by atoms with van der Waals surface area (Å²) in [6.45, 7) is 4.59. The monoisotopic (exact) mass is 394 g/mol. The van der Waals surface area contributed by atoms with Crippen LogP contribution in [-0.2, 0) is 6.54 Å². The lowest BCUT2D eigenvalue weighted by atomic mass is 10.0. The van der Waals surface area contributed by atoms with E-state index in [1.54, 1.807) is 18.2 Å². The third-order valence-electron chi connectivity index (χ3n) is 4.81. The van der Waals surface area contributed by atoms with Crippen LogP contribution in [0.5, 0.6) is 5.75 Å². The maximum atomic E-state index is 13.7. The number of aryl methyl sites for hydroxylation is 2. The summed E-state index contributed by atoms with van der Waals surface area (Å²) in [6, 6.07) is 12.4. The van der Waals surface area contributed by atoms with Crippen molar-refractivity contribution in [3.8, 4) is 16.9 Å². The van der Waals surface area contributed by atoms with Crippen molar-refractivity contribution in [2.45, 2.75) is 20.4 Å². The number of fused-ring (bicyclic) bond motifs is 1. The molecule has 0 spiro atoms. The molecule has 0 aliphatic carbocycles. The molecule has 0 saturated heterocycles. The van der Waals surface area contributed by atoms with Gasteiger partial charge in [0.25, 0.3) is 5.56 Å². The van der Waals surface area contributed by atoms with Crippen molar-refractivity contribution in [3.05, 3.63) is 81.5 Å². The SMILES string of the molecule is Cc1ccc(-c2csc3ncn(CCOc4ccccc4F)c(=O)c23)cc1C. The highest BCUT2D eigenvalue weighted by Gasteiger charge is 2.14. The maximum Gasteiger partial charge on any atom is 0.262 e. The van der Waals surface area contributed by atoms with E-state index in [0.717, 1.165) is 11.1 Å². The molecule has 0 N–H and O–H groups in total. The van der Waals surface area contributed by atoms with Crippen LogP contribution in [0.1, 0.15) is 11.1 Å². The van der Waals surface area contributed by atoms with E-state index in [1.165, 1.54) is 39.4 Å². The van der Waals surface area contributed by atoms with E-state index in [9.17, 15) is 9.18 Å². The molecule has 0 saturated carbocycles. The lowest BCUT2D eigenvalue weighted by Gasteiger charge is -2.09. The summed E-state index contributed by atoms with van der Waals surface area (Å²) in [5, 5.41) is 2.59. The summed E-state index contributed by atoms with van der Waals surface area (Å²) in [7, 11) is 0. The van der Waals surface area contributed by atoms with Crippen molar-refractivity contribution in [2.24, 2.45) is 0 Å². The van der Waals surface area contributed by atoms with E-state index in [-0.39, 0.29) is 24.5 Å². The first-order valence-electron chi connectivity index (χ1n) is 8.96. The molecule has 28 heavy (non-hydrogen) atoms. The van der Waals surface area contributed by atoms with Gasteiger partial charge in [-0.2, -0.15) is 0 Å². The Morgan fingerprint density at radius 1 is 1.14 bits per heavy atom. The van der Waals surface area contributed by atoms with Crippen LogP contribution in [0, 0.1) is 19.7 Å². The van der Waals surface area contributed by atoms with Crippen LogP contribution in [0.4, 0.5) is 4.39 Å². The average Bonchev–Trinajstić information content (AvgIpc) is 3.12.